The van der Waals surface area contributed by atoms with Crippen LogP contribution in [-0.4, -0.2) is 35.2 Å². The Morgan fingerprint density at radius 2 is 2.29 bits per heavy atom. The van der Waals surface area contributed by atoms with Gasteiger partial charge in [-0.15, -0.1) is 0 Å². The van der Waals surface area contributed by atoms with Gasteiger partial charge in [0.25, 0.3) is 0 Å². The molecule has 0 aromatic carbocycles. The van der Waals surface area contributed by atoms with Crippen LogP contribution < -0.4 is 10.6 Å². The Hall–Kier alpha value is -1.43. The van der Waals surface area contributed by atoms with Crippen LogP contribution in [0.4, 0.5) is 0 Å². The van der Waals surface area contributed by atoms with Gasteiger partial charge in [-0.1, -0.05) is 25.9 Å². The number of nitrogens with one attached hydrogen (secondary N) is 2. The molecule has 1 aliphatic rings. The number of hydrogen-bond acceptors (Lipinski definition) is 5. The van der Waals surface area contributed by atoms with Gasteiger partial charge in [0.15, 0.2) is 5.82 Å². The fourth-order valence-corrected chi connectivity index (χ4v) is 2.32. The Morgan fingerprint density at radius 1 is 1.48 bits per heavy atom. The van der Waals surface area contributed by atoms with Crippen LogP contribution in [0.5, 0.6) is 0 Å². The molecule has 0 spiro atoms. The van der Waals surface area contributed by atoms with Crippen molar-refractivity contribution in [3.05, 3.63) is 11.7 Å². The number of rotatable bonds is 6. The highest BCUT2D eigenvalue weighted by Crippen LogP contribution is 2.18. The molecule has 1 saturated heterocycles. The van der Waals surface area contributed by atoms with Crippen molar-refractivity contribution in [2.75, 3.05) is 13.1 Å². The van der Waals surface area contributed by atoms with E-state index in [1.54, 1.807) is 0 Å². The minimum absolute atomic E-state index is 0.0965. The van der Waals surface area contributed by atoms with E-state index in [2.05, 4.69) is 20.8 Å². The summed E-state index contributed by atoms with van der Waals surface area (Å²) in [6, 6.07) is 0.444. The Morgan fingerprint density at radius 3 is 2.90 bits per heavy atom. The van der Waals surface area contributed by atoms with E-state index in [0.29, 0.717) is 30.6 Å². The summed E-state index contributed by atoms with van der Waals surface area (Å²) in [5.74, 6) is 1.43. The molecule has 1 aliphatic heterocycles. The molecule has 1 unspecified atom stereocenters. The van der Waals surface area contributed by atoms with Crippen molar-refractivity contribution in [1.29, 1.82) is 0 Å². The predicted molar refractivity (Wildman–Crippen MR) is 80.0 cm³/mol. The first-order valence-electron chi connectivity index (χ1n) is 7.78. The van der Waals surface area contributed by atoms with Gasteiger partial charge in [-0.05, 0) is 25.8 Å². The van der Waals surface area contributed by atoms with Gasteiger partial charge in [0.1, 0.15) is 0 Å². The first kappa shape index (κ1) is 15.9. The Labute approximate surface area is 126 Å². The second-order valence-electron chi connectivity index (χ2n) is 6.71. The lowest BCUT2D eigenvalue weighted by molar-refractivity contribution is -0.121. The van der Waals surface area contributed by atoms with E-state index in [9.17, 15) is 4.79 Å². The molecule has 1 aromatic heterocycles. The van der Waals surface area contributed by atoms with Crippen LogP contribution >= 0.6 is 0 Å². The molecule has 2 N–H and O–H groups in total. The number of carbonyl (C=O) groups excluding carboxylic acids is 1. The zero-order valence-corrected chi connectivity index (χ0v) is 13.2. The molecular formula is C15H26N4O2. The van der Waals surface area contributed by atoms with Gasteiger partial charge in [-0.2, -0.15) is 4.98 Å². The summed E-state index contributed by atoms with van der Waals surface area (Å²) in [7, 11) is 0. The van der Waals surface area contributed by atoms with Gasteiger partial charge in [0.05, 0.1) is 0 Å². The first-order chi connectivity index (χ1) is 9.95. The molecule has 1 aromatic rings. The second-order valence-corrected chi connectivity index (χ2v) is 6.71. The molecular weight excluding hydrogens is 268 g/mol. The van der Waals surface area contributed by atoms with Gasteiger partial charge >= 0.3 is 0 Å². The van der Waals surface area contributed by atoms with E-state index >= 15 is 0 Å². The van der Waals surface area contributed by atoms with Crippen molar-refractivity contribution >= 4 is 5.91 Å². The third-order valence-corrected chi connectivity index (χ3v) is 3.64. The number of aryl methyl sites for hydroxylation is 1. The summed E-state index contributed by atoms with van der Waals surface area (Å²) in [6.07, 6.45) is 4.24. The van der Waals surface area contributed by atoms with E-state index < -0.39 is 0 Å². The normalized spacial score (nSPS) is 18.9. The number of nitrogens with zero attached hydrogens (tertiary/aromatic N) is 2. The molecule has 1 atom stereocenters. The van der Waals surface area contributed by atoms with Gasteiger partial charge in [-0.25, -0.2) is 0 Å². The summed E-state index contributed by atoms with van der Waals surface area (Å²) in [5, 5.41) is 10.3. The predicted octanol–water partition coefficient (Wildman–Crippen LogP) is 1.56. The van der Waals surface area contributed by atoms with Gasteiger partial charge in [0, 0.05) is 30.8 Å². The maximum atomic E-state index is 11.7. The van der Waals surface area contributed by atoms with Gasteiger partial charge in [-0.3, -0.25) is 4.79 Å². The topological polar surface area (TPSA) is 80.0 Å². The van der Waals surface area contributed by atoms with Crippen LogP contribution in [0.25, 0.3) is 0 Å². The minimum atomic E-state index is -0.104. The molecule has 0 saturated carbocycles. The highest BCUT2D eigenvalue weighted by molar-refractivity contribution is 5.75. The lowest BCUT2D eigenvalue weighted by atomic mass is 9.96. The Kier molecular flexibility index (Phi) is 5.33. The summed E-state index contributed by atoms with van der Waals surface area (Å²) in [5.41, 5.74) is -0.104. The lowest BCUT2D eigenvalue weighted by Gasteiger charge is -2.11. The van der Waals surface area contributed by atoms with Crippen molar-refractivity contribution < 1.29 is 9.32 Å². The monoisotopic (exact) mass is 294 g/mol. The summed E-state index contributed by atoms with van der Waals surface area (Å²) in [4.78, 5) is 16.1. The average Bonchev–Trinajstić information content (AvgIpc) is 3.07. The quantitative estimate of drug-likeness (QED) is 0.832. The second kappa shape index (κ2) is 7.02. The van der Waals surface area contributed by atoms with Crippen molar-refractivity contribution in [2.45, 2.75) is 64.3 Å². The summed E-state index contributed by atoms with van der Waals surface area (Å²) in [6.45, 7) is 7.94. The maximum Gasteiger partial charge on any atom is 0.226 e. The largest absolute Gasteiger partial charge is 0.355 e. The number of hydrogen-bond donors (Lipinski definition) is 2. The molecule has 0 aliphatic carbocycles. The van der Waals surface area contributed by atoms with Crippen LogP contribution in [0.1, 0.15) is 58.2 Å². The highest BCUT2D eigenvalue weighted by Gasteiger charge is 2.21. The van der Waals surface area contributed by atoms with Crippen molar-refractivity contribution in [3.8, 4) is 0 Å². The maximum absolute atomic E-state index is 11.7. The Balaban J connectivity index is 1.64. The van der Waals surface area contributed by atoms with Gasteiger partial charge in [0.2, 0.25) is 11.8 Å². The SMILES string of the molecule is CC(C)(C)c1noc(CCCC(=O)NCC2CCCN2)n1. The Bertz CT molecular complexity index is 458. The fourth-order valence-electron chi connectivity index (χ4n) is 2.32. The third-order valence-electron chi connectivity index (χ3n) is 3.64. The van der Waals surface area contributed by atoms with Gasteiger partial charge < -0.3 is 15.2 Å². The van der Waals surface area contributed by atoms with Crippen LogP contribution in [0.2, 0.25) is 0 Å². The molecule has 118 valence electrons. The number of carbonyl (C=O) groups is 1. The molecule has 1 fully saturated rings. The summed E-state index contributed by atoms with van der Waals surface area (Å²) < 4.78 is 5.21. The zero-order valence-electron chi connectivity index (χ0n) is 13.2. The minimum Gasteiger partial charge on any atom is -0.355 e. The van der Waals surface area contributed by atoms with Crippen molar-refractivity contribution in [3.63, 3.8) is 0 Å². The first-order valence-corrected chi connectivity index (χ1v) is 7.78. The number of aromatic nitrogens is 2. The van der Waals surface area contributed by atoms with Crippen LogP contribution in [-0.2, 0) is 16.6 Å². The molecule has 6 nitrogen and oxygen atoms in total. The smallest absolute Gasteiger partial charge is 0.226 e. The van der Waals surface area contributed by atoms with Crippen LogP contribution in [0.3, 0.4) is 0 Å². The third kappa shape index (κ3) is 5.12. The van der Waals surface area contributed by atoms with E-state index in [1.165, 1.54) is 6.42 Å². The van der Waals surface area contributed by atoms with Crippen LogP contribution in [0, 0.1) is 0 Å². The molecule has 2 heterocycles. The standard InChI is InChI=1S/C15H26N4O2/c1-15(2,3)14-18-13(21-19-14)8-4-7-12(20)17-10-11-6-5-9-16-11/h11,16H,4-10H2,1-3H3,(H,17,20). The van der Waals surface area contributed by atoms with E-state index in [4.69, 9.17) is 4.52 Å². The fraction of sp³-hybridized carbons (Fsp3) is 0.800. The summed E-state index contributed by atoms with van der Waals surface area (Å²) >= 11 is 0. The average molecular weight is 294 g/mol. The lowest BCUT2D eigenvalue weighted by Crippen LogP contribution is -2.37. The zero-order chi connectivity index (χ0) is 15.3. The highest BCUT2D eigenvalue weighted by atomic mass is 16.5. The molecule has 1 amide bonds. The van der Waals surface area contributed by atoms with Crippen molar-refractivity contribution in [2.24, 2.45) is 0 Å². The number of amides is 1. The van der Waals surface area contributed by atoms with E-state index in [1.807, 2.05) is 20.8 Å². The van der Waals surface area contributed by atoms with Crippen molar-refractivity contribution in [1.82, 2.24) is 20.8 Å². The molecule has 0 bridgehead atoms. The van der Waals surface area contributed by atoms with E-state index in [0.717, 1.165) is 25.9 Å². The van der Waals surface area contributed by atoms with E-state index in [-0.39, 0.29) is 11.3 Å². The molecule has 2 rings (SSSR count). The molecule has 0 radical (unpaired) electrons. The van der Waals surface area contributed by atoms with Crippen LogP contribution in [0.15, 0.2) is 4.52 Å². The molecule has 21 heavy (non-hydrogen) atoms. The molecule has 6 heteroatoms.